The topological polar surface area (TPSA) is 73.4 Å². The maximum absolute atomic E-state index is 12.0. The zero-order chi connectivity index (χ0) is 13.4. The predicted molar refractivity (Wildman–Crippen MR) is 70.4 cm³/mol. The predicted octanol–water partition coefficient (Wildman–Crippen LogP) is 0.555. The van der Waals surface area contributed by atoms with Gasteiger partial charge < -0.3 is 15.4 Å². The van der Waals surface area contributed by atoms with E-state index in [1.807, 2.05) is 30.5 Å². The fourth-order valence-corrected chi connectivity index (χ4v) is 2.07. The normalized spacial score (nSPS) is 18.7. The number of rotatable bonds is 1. The van der Waals surface area contributed by atoms with Crippen LogP contribution in [0.5, 0.6) is 5.75 Å². The van der Waals surface area contributed by atoms with Crippen LogP contribution in [0.1, 0.15) is 0 Å². The van der Waals surface area contributed by atoms with Crippen molar-refractivity contribution in [1.29, 1.82) is 0 Å². The first-order valence-electron chi connectivity index (χ1n) is 5.97. The quantitative estimate of drug-likeness (QED) is 0.811. The van der Waals surface area contributed by atoms with Crippen LogP contribution in [0.15, 0.2) is 36.7 Å². The van der Waals surface area contributed by atoms with Crippen LogP contribution in [0.2, 0.25) is 0 Å². The van der Waals surface area contributed by atoms with E-state index in [2.05, 4.69) is 5.10 Å². The molecule has 1 atom stereocenters. The lowest BCUT2D eigenvalue weighted by molar-refractivity contribution is -0.119. The molecule has 2 heterocycles. The van der Waals surface area contributed by atoms with Gasteiger partial charge in [-0.3, -0.25) is 4.79 Å². The highest BCUT2D eigenvalue weighted by Crippen LogP contribution is 2.32. The Bertz CT molecular complexity index is 609. The van der Waals surface area contributed by atoms with Gasteiger partial charge in [0, 0.05) is 19.4 Å². The zero-order valence-corrected chi connectivity index (χ0v) is 10.5. The summed E-state index contributed by atoms with van der Waals surface area (Å²) in [7, 11) is 1.70. The number of ether oxygens (including phenoxy) is 1. The highest BCUT2D eigenvalue weighted by Gasteiger charge is 2.26. The van der Waals surface area contributed by atoms with Crippen LogP contribution in [0.3, 0.4) is 0 Å². The Morgan fingerprint density at radius 1 is 1.47 bits per heavy atom. The minimum absolute atomic E-state index is 0.156. The van der Waals surface area contributed by atoms with E-state index < -0.39 is 6.04 Å². The van der Waals surface area contributed by atoms with Gasteiger partial charge in [-0.15, -0.1) is 0 Å². The molecule has 0 bridgehead atoms. The van der Waals surface area contributed by atoms with Gasteiger partial charge >= 0.3 is 0 Å². The van der Waals surface area contributed by atoms with E-state index in [1.165, 1.54) is 4.90 Å². The van der Waals surface area contributed by atoms with Gasteiger partial charge in [0.25, 0.3) is 0 Å². The third kappa shape index (κ3) is 1.96. The standard InChI is InChI=1S/C13H14N4O2/c1-16-11-7-9(17-6-2-5-15-17)3-4-12(11)19-8-10(14)13(16)18/h2-7,10H,8,14H2,1H3. The van der Waals surface area contributed by atoms with E-state index >= 15 is 0 Å². The van der Waals surface area contributed by atoms with Gasteiger partial charge in [-0.2, -0.15) is 5.10 Å². The summed E-state index contributed by atoms with van der Waals surface area (Å²) in [5.41, 5.74) is 7.31. The number of hydrogen-bond donors (Lipinski definition) is 1. The largest absolute Gasteiger partial charge is 0.489 e. The smallest absolute Gasteiger partial charge is 0.247 e. The van der Waals surface area contributed by atoms with Gasteiger partial charge in [-0.1, -0.05) is 0 Å². The van der Waals surface area contributed by atoms with E-state index in [-0.39, 0.29) is 12.5 Å². The number of carbonyl (C=O) groups is 1. The van der Waals surface area contributed by atoms with Crippen molar-refractivity contribution in [2.75, 3.05) is 18.6 Å². The van der Waals surface area contributed by atoms with Gasteiger partial charge in [-0.25, -0.2) is 4.68 Å². The molecule has 0 fully saturated rings. The molecule has 1 amide bonds. The first kappa shape index (κ1) is 11.7. The summed E-state index contributed by atoms with van der Waals surface area (Å²) in [6.07, 6.45) is 3.54. The van der Waals surface area contributed by atoms with Gasteiger partial charge in [0.15, 0.2) is 0 Å². The van der Waals surface area contributed by atoms with E-state index in [4.69, 9.17) is 10.5 Å². The molecule has 19 heavy (non-hydrogen) atoms. The van der Waals surface area contributed by atoms with E-state index in [0.29, 0.717) is 11.4 Å². The molecule has 1 aromatic heterocycles. The van der Waals surface area contributed by atoms with Gasteiger partial charge in [0.2, 0.25) is 5.91 Å². The second-order valence-electron chi connectivity index (χ2n) is 4.42. The Hall–Kier alpha value is -2.34. The summed E-state index contributed by atoms with van der Waals surface area (Å²) < 4.78 is 7.28. The second-order valence-corrected chi connectivity index (χ2v) is 4.42. The summed E-state index contributed by atoms with van der Waals surface area (Å²) in [5.74, 6) is 0.496. The van der Waals surface area contributed by atoms with Crippen molar-refractivity contribution in [3.8, 4) is 11.4 Å². The van der Waals surface area contributed by atoms with Crippen LogP contribution in [0.25, 0.3) is 5.69 Å². The number of hydrogen-bond acceptors (Lipinski definition) is 4. The fourth-order valence-electron chi connectivity index (χ4n) is 2.07. The Labute approximate surface area is 110 Å². The number of aromatic nitrogens is 2. The first-order chi connectivity index (χ1) is 9.16. The van der Waals surface area contributed by atoms with Crippen molar-refractivity contribution in [3.05, 3.63) is 36.7 Å². The Morgan fingerprint density at radius 2 is 2.32 bits per heavy atom. The van der Waals surface area contributed by atoms with Crippen LogP contribution in [-0.2, 0) is 4.79 Å². The monoisotopic (exact) mass is 258 g/mol. The number of likely N-dealkylation sites (N-methyl/N-ethyl adjacent to an activating group) is 1. The van der Waals surface area contributed by atoms with Crippen LogP contribution >= 0.6 is 0 Å². The lowest BCUT2D eigenvalue weighted by Crippen LogP contribution is -2.43. The zero-order valence-electron chi connectivity index (χ0n) is 10.5. The molecule has 6 heteroatoms. The average Bonchev–Trinajstić information content (AvgIpc) is 2.94. The minimum atomic E-state index is -0.634. The first-order valence-corrected chi connectivity index (χ1v) is 5.97. The molecule has 2 N–H and O–H groups in total. The molecule has 0 saturated carbocycles. The van der Waals surface area contributed by atoms with Gasteiger partial charge in [0.05, 0.1) is 11.4 Å². The Morgan fingerprint density at radius 3 is 3.05 bits per heavy atom. The number of nitrogens with two attached hydrogens (primary N) is 1. The van der Waals surface area contributed by atoms with Crippen LogP contribution < -0.4 is 15.4 Å². The molecule has 1 aliphatic heterocycles. The Kier molecular flexibility index (Phi) is 2.72. The lowest BCUT2D eigenvalue weighted by atomic mass is 10.2. The second kappa shape index (κ2) is 4.40. The highest BCUT2D eigenvalue weighted by atomic mass is 16.5. The molecule has 2 aromatic rings. The summed E-state index contributed by atoms with van der Waals surface area (Å²) in [4.78, 5) is 13.5. The van der Waals surface area contributed by atoms with E-state index in [9.17, 15) is 4.79 Å². The summed E-state index contributed by atoms with van der Waals surface area (Å²) in [6, 6.07) is 6.78. The third-order valence-corrected chi connectivity index (χ3v) is 3.14. The van der Waals surface area contributed by atoms with Crippen LogP contribution in [0.4, 0.5) is 5.69 Å². The molecule has 3 rings (SSSR count). The number of benzene rings is 1. The molecule has 0 spiro atoms. The van der Waals surface area contributed by atoms with E-state index in [1.54, 1.807) is 17.9 Å². The number of carbonyl (C=O) groups excluding carboxylic acids is 1. The fraction of sp³-hybridized carbons (Fsp3) is 0.231. The minimum Gasteiger partial charge on any atom is -0.489 e. The van der Waals surface area contributed by atoms with Crippen molar-refractivity contribution in [2.45, 2.75) is 6.04 Å². The number of fused-ring (bicyclic) bond motifs is 1. The van der Waals surface area contributed by atoms with Crippen molar-refractivity contribution in [3.63, 3.8) is 0 Å². The lowest BCUT2D eigenvalue weighted by Gasteiger charge is -2.18. The molecule has 6 nitrogen and oxygen atoms in total. The molecule has 1 aliphatic rings. The summed E-state index contributed by atoms with van der Waals surface area (Å²) in [5, 5.41) is 4.17. The SMILES string of the molecule is CN1C(=O)C(N)COc2ccc(-n3cccn3)cc21. The van der Waals surface area contributed by atoms with E-state index in [0.717, 1.165) is 5.69 Å². The van der Waals surface area contributed by atoms with Gasteiger partial charge in [-0.05, 0) is 24.3 Å². The number of anilines is 1. The maximum atomic E-state index is 12.0. The molecule has 1 unspecified atom stereocenters. The third-order valence-electron chi connectivity index (χ3n) is 3.14. The van der Waals surface area contributed by atoms with Crippen molar-refractivity contribution >= 4 is 11.6 Å². The molecule has 0 radical (unpaired) electrons. The van der Waals surface area contributed by atoms with Crippen LogP contribution in [0, 0.1) is 0 Å². The molecule has 98 valence electrons. The molecular formula is C13H14N4O2. The number of amides is 1. The molecular weight excluding hydrogens is 244 g/mol. The van der Waals surface area contributed by atoms with Crippen molar-refractivity contribution < 1.29 is 9.53 Å². The molecule has 1 aromatic carbocycles. The van der Waals surface area contributed by atoms with Crippen LogP contribution in [-0.4, -0.2) is 35.4 Å². The summed E-state index contributed by atoms with van der Waals surface area (Å²) in [6.45, 7) is 0.192. The van der Waals surface area contributed by atoms with Crippen molar-refractivity contribution in [2.24, 2.45) is 5.73 Å². The van der Waals surface area contributed by atoms with Crippen molar-refractivity contribution in [1.82, 2.24) is 9.78 Å². The highest BCUT2D eigenvalue weighted by molar-refractivity contribution is 5.98. The maximum Gasteiger partial charge on any atom is 0.247 e. The Balaban J connectivity index is 2.07. The summed E-state index contributed by atoms with van der Waals surface area (Å²) >= 11 is 0. The average molecular weight is 258 g/mol. The van der Waals surface area contributed by atoms with Gasteiger partial charge in [0.1, 0.15) is 18.4 Å². The molecule has 0 aliphatic carbocycles. The number of nitrogens with zero attached hydrogens (tertiary/aromatic N) is 3. The molecule has 0 saturated heterocycles.